The molecule has 0 saturated carbocycles. The number of carbonyl (C=O) groups is 1. The second kappa shape index (κ2) is 4.42. The number of hydrogen-bond acceptors (Lipinski definition) is 3. The molecule has 4 nitrogen and oxygen atoms in total. The third kappa shape index (κ3) is 2.34. The van der Waals surface area contributed by atoms with Crippen molar-refractivity contribution in [1.29, 1.82) is 0 Å². The molecule has 1 aromatic carbocycles. The molecule has 1 atom stereocenters. The van der Waals surface area contributed by atoms with Gasteiger partial charge in [0, 0.05) is 0 Å². The van der Waals surface area contributed by atoms with Crippen LogP contribution in [0.3, 0.4) is 0 Å². The van der Waals surface area contributed by atoms with Gasteiger partial charge in [-0.25, -0.2) is 4.79 Å². The van der Waals surface area contributed by atoms with Crippen LogP contribution in [0.1, 0.15) is 40.1 Å². The summed E-state index contributed by atoms with van der Waals surface area (Å²) in [6.45, 7) is 2.90. The quantitative estimate of drug-likeness (QED) is 0.701. The summed E-state index contributed by atoms with van der Waals surface area (Å²) in [5.74, 6) is -1.09. The summed E-state index contributed by atoms with van der Waals surface area (Å²) in [5.41, 5.74) is 1.55. The normalized spacial score (nSPS) is 12.5. The zero-order valence-corrected chi connectivity index (χ0v) is 8.69. The lowest BCUT2D eigenvalue weighted by atomic mass is 9.95. The molecule has 0 aliphatic heterocycles. The van der Waals surface area contributed by atoms with Gasteiger partial charge in [-0.05, 0) is 36.6 Å². The molecule has 0 radical (unpaired) electrons. The summed E-state index contributed by atoms with van der Waals surface area (Å²) in [5, 5.41) is 27.5. The van der Waals surface area contributed by atoms with Crippen LogP contribution in [-0.4, -0.2) is 21.3 Å². The topological polar surface area (TPSA) is 77.8 Å². The molecule has 15 heavy (non-hydrogen) atoms. The Labute approximate surface area is 87.8 Å². The number of carboxylic acids is 1. The molecule has 0 heterocycles. The van der Waals surface area contributed by atoms with E-state index in [0.29, 0.717) is 5.56 Å². The maximum atomic E-state index is 10.9. The first kappa shape index (κ1) is 11.7. The molecular weight excluding hydrogens is 196 g/mol. The van der Waals surface area contributed by atoms with E-state index in [1.54, 1.807) is 19.9 Å². The van der Waals surface area contributed by atoms with Crippen LogP contribution in [0.25, 0.3) is 0 Å². The molecule has 0 aliphatic rings. The van der Waals surface area contributed by atoms with E-state index in [0.717, 1.165) is 5.56 Å². The molecule has 1 unspecified atom stereocenters. The number of aliphatic hydroxyl groups is 2. The fourth-order valence-corrected chi connectivity index (χ4v) is 1.58. The van der Waals surface area contributed by atoms with E-state index in [1.807, 2.05) is 0 Å². The molecular formula is C11H14O4. The van der Waals surface area contributed by atoms with Crippen molar-refractivity contribution in [1.82, 2.24) is 0 Å². The minimum absolute atomic E-state index is 0.0494. The van der Waals surface area contributed by atoms with Crippen LogP contribution in [0.15, 0.2) is 12.1 Å². The van der Waals surface area contributed by atoms with Crippen molar-refractivity contribution in [3.8, 4) is 0 Å². The number of hydrogen-bond donors (Lipinski definition) is 3. The Morgan fingerprint density at radius 2 is 2.07 bits per heavy atom. The molecule has 0 aromatic heterocycles. The average molecular weight is 210 g/mol. The highest BCUT2D eigenvalue weighted by Crippen LogP contribution is 2.23. The zero-order chi connectivity index (χ0) is 11.6. The Morgan fingerprint density at radius 3 is 2.47 bits per heavy atom. The largest absolute Gasteiger partial charge is 0.478 e. The van der Waals surface area contributed by atoms with Gasteiger partial charge in [-0.1, -0.05) is 6.07 Å². The fourth-order valence-electron chi connectivity index (χ4n) is 1.58. The Kier molecular flexibility index (Phi) is 3.44. The Bertz CT molecular complexity index is 382. The van der Waals surface area contributed by atoms with Crippen molar-refractivity contribution in [2.24, 2.45) is 0 Å². The lowest BCUT2D eigenvalue weighted by Gasteiger charge is -2.14. The number of benzene rings is 1. The molecule has 3 N–H and O–H groups in total. The molecule has 1 rings (SSSR count). The van der Waals surface area contributed by atoms with Crippen LogP contribution < -0.4 is 0 Å². The van der Waals surface area contributed by atoms with Crippen LogP contribution in [0, 0.1) is 6.92 Å². The van der Waals surface area contributed by atoms with Crippen LogP contribution >= 0.6 is 0 Å². The monoisotopic (exact) mass is 210 g/mol. The Balaban J connectivity index is 3.45. The van der Waals surface area contributed by atoms with Gasteiger partial charge in [0.05, 0.1) is 18.3 Å². The summed E-state index contributed by atoms with van der Waals surface area (Å²) in [6.07, 6.45) is -0.787. The summed E-state index contributed by atoms with van der Waals surface area (Å²) in [4.78, 5) is 10.9. The van der Waals surface area contributed by atoms with E-state index in [1.165, 1.54) is 6.07 Å². The van der Waals surface area contributed by atoms with Crippen LogP contribution in [0.5, 0.6) is 0 Å². The minimum atomic E-state index is -1.09. The van der Waals surface area contributed by atoms with E-state index in [-0.39, 0.29) is 17.7 Å². The molecule has 0 fully saturated rings. The van der Waals surface area contributed by atoms with E-state index in [9.17, 15) is 9.90 Å². The van der Waals surface area contributed by atoms with Crippen molar-refractivity contribution in [3.05, 3.63) is 34.4 Å². The van der Waals surface area contributed by atoms with Gasteiger partial charge >= 0.3 is 5.97 Å². The minimum Gasteiger partial charge on any atom is -0.478 e. The second-order valence-electron chi connectivity index (χ2n) is 3.52. The lowest BCUT2D eigenvalue weighted by Crippen LogP contribution is -2.08. The molecule has 4 heteroatoms. The number of carboxylic acid groups (broad SMARTS) is 1. The molecule has 0 saturated heterocycles. The third-order valence-electron chi connectivity index (χ3n) is 2.27. The van der Waals surface area contributed by atoms with E-state index in [4.69, 9.17) is 10.2 Å². The molecule has 0 spiro atoms. The van der Waals surface area contributed by atoms with Crippen molar-refractivity contribution in [3.63, 3.8) is 0 Å². The van der Waals surface area contributed by atoms with Crippen molar-refractivity contribution < 1.29 is 20.1 Å². The maximum Gasteiger partial charge on any atom is 0.336 e. The zero-order valence-electron chi connectivity index (χ0n) is 8.69. The summed E-state index contributed by atoms with van der Waals surface area (Å²) < 4.78 is 0. The molecule has 82 valence electrons. The van der Waals surface area contributed by atoms with Crippen molar-refractivity contribution in [2.45, 2.75) is 26.6 Å². The van der Waals surface area contributed by atoms with E-state index < -0.39 is 12.1 Å². The van der Waals surface area contributed by atoms with E-state index >= 15 is 0 Å². The predicted molar refractivity (Wildman–Crippen MR) is 54.7 cm³/mol. The van der Waals surface area contributed by atoms with Crippen molar-refractivity contribution in [2.75, 3.05) is 0 Å². The van der Waals surface area contributed by atoms with Gasteiger partial charge in [-0.2, -0.15) is 0 Å². The lowest BCUT2D eigenvalue weighted by molar-refractivity contribution is 0.0692. The van der Waals surface area contributed by atoms with Gasteiger partial charge in [0.1, 0.15) is 0 Å². The summed E-state index contributed by atoms with van der Waals surface area (Å²) >= 11 is 0. The highest BCUT2D eigenvalue weighted by Gasteiger charge is 2.16. The maximum absolute atomic E-state index is 10.9. The average Bonchev–Trinajstić information content (AvgIpc) is 2.16. The van der Waals surface area contributed by atoms with Crippen LogP contribution in [0.4, 0.5) is 0 Å². The first-order chi connectivity index (χ1) is 6.97. The number of aryl methyl sites for hydroxylation is 1. The standard InChI is InChI=1S/C11H14O4/c1-6-3-8(7(2)13)10(5-12)9(4-6)11(14)15/h3-4,7,12-13H,5H2,1-2H3,(H,14,15). The first-order valence-electron chi connectivity index (χ1n) is 4.63. The van der Waals surface area contributed by atoms with Gasteiger partial charge in [0.2, 0.25) is 0 Å². The third-order valence-corrected chi connectivity index (χ3v) is 2.27. The summed E-state index contributed by atoms with van der Waals surface area (Å²) in [6, 6.07) is 3.17. The molecule has 1 aromatic rings. The fraction of sp³-hybridized carbons (Fsp3) is 0.364. The van der Waals surface area contributed by atoms with Gasteiger partial charge in [0.15, 0.2) is 0 Å². The number of rotatable bonds is 3. The molecule has 0 aliphatic carbocycles. The number of aromatic carboxylic acids is 1. The highest BCUT2D eigenvalue weighted by molar-refractivity contribution is 5.90. The number of aliphatic hydroxyl groups excluding tert-OH is 2. The Hall–Kier alpha value is -1.39. The smallest absolute Gasteiger partial charge is 0.336 e. The molecule has 0 amide bonds. The first-order valence-corrected chi connectivity index (χ1v) is 4.63. The second-order valence-corrected chi connectivity index (χ2v) is 3.52. The van der Waals surface area contributed by atoms with Gasteiger partial charge < -0.3 is 15.3 Å². The predicted octanol–water partition coefficient (Wildman–Crippen LogP) is 1.24. The van der Waals surface area contributed by atoms with Crippen molar-refractivity contribution >= 4 is 5.97 Å². The van der Waals surface area contributed by atoms with Gasteiger partial charge in [0.25, 0.3) is 0 Å². The summed E-state index contributed by atoms with van der Waals surface area (Å²) in [7, 11) is 0. The SMILES string of the molecule is Cc1cc(C(=O)O)c(CO)c(C(C)O)c1. The highest BCUT2D eigenvalue weighted by atomic mass is 16.4. The van der Waals surface area contributed by atoms with E-state index in [2.05, 4.69) is 0 Å². The van der Waals surface area contributed by atoms with Gasteiger partial charge in [-0.15, -0.1) is 0 Å². The molecule has 0 bridgehead atoms. The van der Waals surface area contributed by atoms with Gasteiger partial charge in [-0.3, -0.25) is 0 Å². The van der Waals surface area contributed by atoms with Crippen LogP contribution in [0.2, 0.25) is 0 Å². The Morgan fingerprint density at radius 1 is 1.47 bits per heavy atom. The van der Waals surface area contributed by atoms with Crippen LogP contribution in [-0.2, 0) is 6.61 Å².